The molecule has 0 aliphatic rings. The van der Waals surface area contributed by atoms with E-state index < -0.39 is 12.0 Å². The van der Waals surface area contributed by atoms with Crippen LogP contribution in [-0.4, -0.2) is 15.5 Å². The maximum Gasteiger partial charge on any atom is 0.450 e. The number of imidazole rings is 1. The normalized spacial score (nSPS) is 11.5. The van der Waals surface area contributed by atoms with Crippen molar-refractivity contribution in [2.45, 2.75) is 13.1 Å². The first kappa shape index (κ1) is 11.3. The monoisotopic (exact) mass is 241 g/mol. The lowest BCUT2D eigenvalue weighted by molar-refractivity contribution is -0.145. The van der Waals surface area contributed by atoms with Crippen molar-refractivity contribution in [2.24, 2.45) is 4.99 Å². The molecule has 0 atom stereocenters. The number of pyridine rings is 1. The lowest BCUT2D eigenvalue weighted by Gasteiger charge is -2.04. The highest BCUT2D eigenvalue weighted by Crippen LogP contribution is 2.32. The summed E-state index contributed by atoms with van der Waals surface area (Å²) >= 11 is 0. The number of nitrogens with zero attached hydrogens (tertiary/aromatic N) is 3. The molecule has 0 aliphatic carbocycles. The number of rotatable bonds is 1. The molecule has 0 aliphatic heterocycles. The number of carbonyl (C=O) groups excluding carboxylic acids is 1. The van der Waals surface area contributed by atoms with Crippen LogP contribution < -0.4 is 0 Å². The number of aryl methyl sites for hydroxylation is 1. The first-order chi connectivity index (χ1) is 7.93. The molecule has 0 radical (unpaired) electrons. The summed E-state index contributed by atoms with van der Waals surface area (Å²) in [6.45, 7) is 1.72. The van der Waals surface area contributed by atoms with E-state index in [-0.39, 0.29) is 11.3 Å². The molecule has 2 aromatic rings. The molecular weight excluding hydrogens is 235 g/mol. The van der Waals surface area contributed by atoms with E-state index in [0.29, 0.717) is 0 Å². The Hall–Kier alpha value is -2.14. The summed E-state index contributed by atoms with van der Waals surface area (Å²) in [6, 6.07) is 2.98. The van der Waals surface area contributed by atoms with Crippen LogP contribution in [0.4, 0.5) is 19.0 Å². The molecule has 0 aromatic carbocycles. The fourth-order valence-corrected chi connectivity index (χ4v) is 1.50. The maximum absolute atomic E-state index is 12.6. The Morgan fingerprint density at radius 3 is 2.76 bits per heavy atom. The van der Waals surface area contributed by atoms with Crippen molar-refractivity contribution in [3.05, 3.63) is 29.7 Å². The van der Waals surface area contributed by atoms with Crippen LogP contribution in [0, 0.1) is 6.92 Å². The number of fused-ring (bicyclic) bond motifs is 1. The van der Waals surface area contributed by atoms with Crippen molar-refractivity contribution < 1.29 is 18.0 Å². The molecule has 0 amide bonds. The molecule has 0 unspecified atom stereocenters. The summed E-state index contributed by atoms with van der Waals surface area (Å²) in [4.78, 5) is 16.6. The molecule has 2 rings (SSSR count). The van der Waals surface area contributed by atoms with Gasteiger partial charge in [-0.25, -0.2) is 9.78 Å². The zero-order valence-corrected chi connectivity index (χ0v) is 8.62. The molecular formula is C10H6F3N3O. The topological polar surface area (TPSA) is 46.7 Å². The molecule has 88 valence electrons. The van der Waals surface area contributed by atoms with E-state index >= 15 is 0 Å². The van der Waals surface area contributed by atoms with E-state index in [1.165, 1.54) is 24.4 Å². The summed E-state index contributed by atoms with van der Waals surface area (Å²) in [5.74, 6) is -1.39. The van der Waals surface area contributed by atoms with Crippen molar-refractivity contribution in [1.29, 1.82) is 0 Å². The molecule has 7 heteroatoms. The molecule has 0 bridgehead atoms. The predicted molar refractivity (Wildman–Crippen MR) is 52.7 cm³/mol. The van der Waals surface area contributed by atoms with Gasteiger partial charge in [0.15, 0.2) is 5.82 Å². The van der Waals surface area contributed by atoms with Gasteiger partial charge in [-0.05, 0) is 24.6 Å². The van der Waals surface area contributed by atoms with Gasteiger partial charge in [0, 0.05) is 6.20 Å². The average Bonchev–Trinajstić information content (AvgIpc) is 2.57. The summed E-state index contributed by atoms with van der Waals surface area (Å²) in [5, 5.41) is 0. The lowest BCUT2D eigenvalue weighted by atomic mass is 10.3. The molecule has 4 nitrogen and oxygen atoms in total. The summed E-state index contributed by atoms with van der Waals surface area (Å²) in [7, 11) is 0. The van der Waals surface area contributed by atoms with E-state index in [4.69, 9.17) is 0 Å². The Kier molecular flexibility index (Phi) is 2.48. The van der Waals surface area contributed by atoms with Crippen LogP contribution in [0.5, 0.6) is 0 Å². The molecule has 0 fully saturated rings. The van der Waals surface area contributed by atoms with Gasteiger partial charge in [-0.3, -0.25) is 4.40 Å². The van der Waals surface area contributed by atoms with E-state index in [9.17, 15) is 18.0 Å². The molecule has 2 heterocycles. The van der Waals surface area contributed by atoms with Crippen LogP contribution in [-0.2, 0) is 11.0 Å². The second-order valence-electron chi connectivity index (χ2n) is 3.42. The number of alkyl halides is 3. The lowest BCUT2D eigenvalue weighted by Crippen LogP contribution is -2.10. The van der Waals surface area contributed by atoms with Gasteiger partial charge in [-0.2, -0.15) is 13.2 Å². The predicted octanol–water partition coefficient (Wildman–Crippen LogP) is 2.63. The van der Waals surface area contributed by atoms with Crippen molar-refractivity contribution >= 4 is 17.4 Å². The highest BCUT2D eigenvalue weighted by Gasteiger charge is 2.37. The number of aliphatic imine (C=N–C) groups is 1. The quantitative estimate of drug-likeness (QED) is 0.569. The first-order valence-corrected chi connectivity index (χ1v) is 4.57. The van der Waals surface area contributed by atoms with Crippen LogP contribution in [0.3, 0.4) is 0 Å². The Morgan fingerprint density at radius 2 is 2.18 bits per heavy atom. The van der Waals surface area contributed by atoms with Crippen LogP contribution in [0.25, 0.3) is 5.52 Å². The van der Waals surface area contributed by atoms with E-state index in [1.807, 2.05) is 0 Å². The van der Waals surface area contributed by atoms with Gasteiger partial charge in [-0.15, -0.1) is 4.99 Å². The van der Waals surface area contributed by atoms with Crippen LogP contribution >= 0.6 is 0 Å². The Labute approximate surface area is 93.4 Å². The fraction of sp³-hybridized carbons (Fsp3) is 0.200. The smallest absolute Gasteiger partial charge is 0.294 e. The van der Waals surface area contributed by atoms with Gasteiger partial charge < -0.3 is 0 Å². The molecule has 0 spiro atoms. The third-order valence-corrected chi connectivity index (χ3v) is 2.18. The Bertz CT molecular complexity index is 623. The van der Waals surface area contributed by atoms with Gasteiger partial charge in [0.1, 0.15) is 0 Å². The second kappa shape index (κ2) is 3.71. The summed E-state index contributed by atoms with van der Waals surface area (Å²) in [5.41, 5.74) is 0.870. The summed E-state index contributed by atoms with van der Waals surface area (Å²) < 4.78 is 38.8. The summed E-state index contributed by atoms with van der Waals surface area (Å²) in [6.07, 6.45) is -2.17. The van der Waals surface area contributed by atoms with Crippen LogP contribution in [0.15, 0.2) is 23.3 Å². The largest absolute Gasteiger partial charge is 0.450 e. The number of hydrogen-bond acceptors (Lipinski definition) is 3. The van der Waals surface area contributed by atoms with Crippen molar-refractivity contribution in [1.82, 2.24) is 9.38 Å². The Morgan fingerprint density at radius 1 is 1.47 bits per heavy atom. The molecule has 0 N–H and O–H groups in total. The number of isocyanates is 1. The van der Waals surface area contributed by atoms with Crippen molar-refractivity contribution in [3.8, 4) is 0 Å². The van der Waals surface area contributed by atoms with E-state index in [2.05, 4.69) is 9.98 Å². The minimum atomic E-state index is -4.60. The van der Waals surface area contributed by atoms with E-state index in [0.717, 1.165) is 9.96 Å². The SMILES string of the molecule is Cc1ccn2c(C(F)(F)F)nc(N=C=O)c2c1. The second-order valence-corrected chi connectivity index (χ2v) is 3.42. The number of hydrogen-bond donors (Lipinski definition) is 0. The highest BCUT2D eigenvalue weighted by atomic mass is 19.4. The van der Waals surface area contributed by atoms with E-state index in [1.54, 1.807) is 6.92 Å². The average molecular weight is 241 g/mol. The third kappa shape index (κ3) is 1.92. The third-order valence-electron chi connectivity index (χ3n) is 2.18. The minimum Gasteiger partial charge on any atom is -0.294 e. The molecule has 0 saturated heterocycles. The number of aromatic nitrogens is 2. The van der Waals surface area contributed by atoms with Gasteiger partial charge >= 0.3 is 6.18 Å². The fourth-order valence-electron chi connectivity index (χ4n) is 1.50. The highest BCUT2D eigenvalue weighted by molar-refractivity contribution is 5.69. The number of halogens is 3. The maximum atomic E-state index is 12.6. The first-order valence-electron chi connectivity index (χ1n) is 4.57. The molecule has 0 saturated carbocycles. The zero-order chi connectivity index (χ0) is 12.6. The molecule has 17 heavy (non-hydrogen) atoms. The standard InChI is InChI=1S/C10H6F3N3O/c1-6-2-3-16-7(4-6)8(14-5-17)15-9(16)10(11,12)13/h2-4H,1H3. The van der Waals surface area contributed by atoms with Crippen molar-refractivity contribution in [2.75, 3.05) is 0 Å². The van der Waals surface area contributed by atoms with Gasteiger partial charge in [0.25, 0.3) is 0 Å². The zero-order valence-electron chi connectivity index (χ0n) is 8.62. The van der Waals surface area contributed by atoms with Gasteiger partial charge in [0.05, 0.1) is 5.52 Å². The Balaban J connectivity index is 2.84. The molecule has 2 aromatic heterocycles. The van der Waals surface area contributed by atoms with Crippen LogP contribution in [0.2, 0.25) is 0 Å². The van der Waals surface area contributed by atoms with Gasteiger partial charge in [-0.1, -0.05) is 0 Å². The van der Waals surface area contributed by atoms with Crippen molar-refractivity contribution in [3.63, 3.8) is 0 Å². The van der Waals surface area contributed by atoms with Gasteiger partial charge in [0.2, 0.25) is 11.9 Å². The minimum absolute atomic E-state index is 0.126. The van der Waals surface area contributed by atoms with Crippen LogP contribution in [0.1, 0.15) is 11.4 Å².